The van der Waals surface area contributed by atoms with Gasteiger partial charge in [-0.15, -0.1) is 0 Å². The molecule has 0 aliphatic heterocycles. The molecule has 1 aromatic heterocycles. The fraction of sp³-hybridized carbons (Fsp3) is 0.250. The Labute approximate surface area is 74.8 Å². The van der Waals surface area contributed by atoms with Gasteiger partial charge in [-0.25, -0.2) is 4.79 Å². The molecule has 1 amide bonds. The molecule has 3 N–H and O–H groups in total. The largest absolute Gasteiger partial charge is 0.478 e. The van der Waals surface area contributed by atoms with E-state index in [4.69, 9.17) is 10.8 Å². The van der Waals surface area contributed by atoms with E-state index in [2.05, 4.69) is 0 Å². The van der Waals surface area contributed by atoms with Crippen LogP contribution in [0.3, 0.4) is 0 Å². The number of carboxylic acids is 1. The number of primary amides is 1. The molecule has 0 unspecified atom stereocenters. The van der Waals surface area contributed by atoms with Crippen LogP contribution in [0, 0.1) is 0 Å². The van der Waals surface area contributed by atoms with Gasteiger partial charge in [0, 0.05) is 25.4 Å². The third-order valence-corrected chi connectivity index (χ3v) is 1.61. The van der Waals surface area contributed by atoms with Crippen molar-refractivity contribution >= 4 is 11.9 Å². The second-order valence-electron chi connectivity index (χ2n) is 2.66. The highest BCUT2D eigenvalue weighted by Gasteiger charge is 2.04. The summed E-state index contributed by atoms with van der Waals surface area (Å²) in [7, 11) is 0. The van der Waals surface area contributed by atoms with Gasteiger partial charge in [0.1, 0.15) is 0 Å². The van der Waals surface area contributed by atoms with Crippen molar-refractivity contribution in [2.45, 2.75) is 13.0 Å². The first kappa shape index (κ1) is 9.31. The standard InChI is InChI=1S/C8H10N2O3/c9-7(11)2-4-10-3-1-6(5-10)8(12)13/h1,3,5H,2,4H2,(H2,9,11)(H,12,13). The predicted octanol–water partition coefficient (Wildman–Crippen LogP) is 0.0617. The summed E-state index contributed by atoms with van der Waals surface area (Å²) in [5.41, 5.74) is 5.15. The number of carbonyl (C=O) groups excluding carboxylic acids is 1. The fourth-order valence-corrected chi connectivity index (χ4v) is 0.946. The summed E-state index contributed by atoms with van der Waals surface area (Å²) in [5, 5.41) is 8.57. The molecule has 0 aromatic carbocycles. The number of nitrogens with zero attached hydrogens (tertiary/aromatic N) is 1. The van der Waals surface area contributed by atoms with E-state index in [1.807, 2.05) is 0 Å². The summed E-state index contributed by atoms with van der Waals surface area (Å²) >= 11 is 0. The van der Waals surface area contributed by atoms with Crippen molar-refractivity contribution in [3.05, 3.63) is 24.0 Å². The number of aromatic nitrogens is 1. The van der Waals surface area contributed by atoms with Crippen LogP contribution < -0.4 is 5.73 Å². The van der Waals surface area contributed by atoms with Crippen LogP contribution in [0.25, 0.3) is 0 Å². The zero-order valence-corrected chi connectivity index (χ0v) is 6.93. The second-order valence-corrected chi connectivity index (χ2v) is 2.66. The number of rotatable bonds is 4. The van der Waals surface area contributed by atoms with Gasteiger partial charge in [0.2, 0.25) is 5.91 Å². The lowest BCUT2D eigenvalue weighted by atomic mass is 10.3. The van der Waals surface area contributed by atoms with Crippen LogP contribution in [0.4, 0.5) is 0 Å². The molecular formula is C8H10N2O3. The van der Waals surface area contributed by atoms with Gasteiger partial charge in [0.05, 0.1) is 5.56 Å². The number of hydrogen-bond acceptors (Lipinski definition) is 2. The summed E-state index contributed by atoms with van der Waals surface area (Å²) < 4.78 is 1.62. The van der Waals surface area contributed by atoms with Crippen molar-refractivity contribution in [1.29, 1.82) is 0 Å². The molecule has 0 radical (unpaired) electrons. The van der Waals surface area contributed by atoms with E-state index < -0.39 is 11.9 Å². The number of nitrogens with two attached hydrogens (primary N) is 1. The molecule has 1 aromatic rings. The smallest absolute Gasteiger partial charge is 0.337 e. The van der Waals surface area contributed by atoms with Gasteiger partial charge < -0.3 is 15.4 Å². The Balaban J connectivity index is 2.59. The van der Waals surface area contributed by atoms with E-state index in [-0.39, 0.29) is 12.0 Å². The molecule has 1 heterocycles. The van der Waals surface area contributed by atoms with Gasteiger partial charge >= 0.3 is 5.97 Å². The van der Waals surface area contributed by atoms with Crippen molar-refractivity contribution in [1.82, 2.24) is 4.57 Å². The maximum Gasteiger partial charge on any atom is 0.337 e. The van der Waals surface area contributed by atoms with Crippen LogP contribution in [0.15, 0.2) is 18.5 Å². The molecule has 13 heavy (non-hydrogen) atoms. The zero-order valence-electron chi connectivity index (χ0n) is 6.93. The van der Waals surface area contributed by atoms with Crippen LogP contribution in [0.1, 0.15) is 16.8 Å². The first-order valence-corrected chi connectivity index (χ1v) is 3.77. The summed E-state index contributed by atoms with van der Waals surface area (Å²) in [6, 6.07) is 1.48. The maximum absolute atomic E-state index is 10.4. The second kappa shape index (κ2) is 3.75. The average molecular weight is 182 g/mol. The molecule has 0 atom stereocenters. The van der Waals surface area contributed by atoms with Crippen LogP contribution >= 0.6 is 0 Å². The summed E-state index contributed by atoms with van der Waals surface area (Å²) in [6.07, 6.45) is 3.28. The molecule has 0 aliphatic carbocycles. The summed E-state index contributed by atoms with van der Waals surface area (Å²) in [4.78, 5) is 20.9. The van der Waals surface area contributed by atoms with Crippen molar-refractivity contribution in [2.75, 3.05) is 0 Å². The Kier molecular flexibility index (Phi) is 2.69. The minimum atomic E-state index is -0.974. The van der Waals surface area contributed by atoms with Gasteiger partial charge in [-0.1, -0.05) is 0 Å². The van der Waals surface area contributed by atoms with Crippen LogP contribution in [-0.4, -0.2) is 21.6 Å². The molecule has 5 nitrogen and oxygen atoms in total. The molecular weight excluding hydrogens is 172 g/mol. The predicted molar refractivity (Wildman–Crippen MR) is 45.2 cm³/mol. The minimum absolute atomic E-state index is 0.212. The Hall–Kier alpha value is -1.78. The lowest BCUT2D eigenvalue weighted by Crippen LogP contribution is -2.13. The quantitative estimate of drug-likeness (QED) is 0.690. The van der Waals surface area contributed by atoms with Crippen molar-refractivity contribution in [3.8, 4) is 0 Å². The van der Waals surface area contributed by atoms with Gasteiger partial charge in [-0.3, -0.25) is 4.79 Å². The summed E-state index contributed by atoms with van der Waals surface area (Å²) in [5.74, 6) is -1.37. The van der Waals surface area contributed by atoms with E-state index in [0.717, 1.165) is 0 Å². The maximum atomic E-state index is 10.4. The molecule has 0 spiro atoms. The zero-order chi connectivity index (χ0) is 9.84. The van der Waals surface area contributed by atoms with Gasteiger partial charge in [-0.05, 0) is 6.07 Å². The topological polar surface area (TPSA) is 85.3 Å². The van der Waals surface area contributed by atoms with Gasteiger partial charge in [0.15, 0.2) is 0 Å². The normalized spacial score (nSPS) is 9.85. The third kappa shape index (κ3) is 2.62. The van der Waals surface area contributed by atoms with Crippen LogP contribution in [0.5, 0.6) is 0 Å². The highest BCUT2D eigenvalue weighted by Crippen LogP contribution is 2.01. The highest BCUT2D eigenvalue weighted by molar-refractivity contribution is 5.87. The molecule has 0 bridgehead atoms. The molecule has 1 rings (SSSR count). The monoisotopic (exact) mass is 182 g/mol. The fourth-order valence-electron chi connectivity index (χ4n) is 0.946. The lowest BCUT2D eigenvalue weighted by molar-refractivity contribution is -0.118. The van der Waals surface area contributed by atoms with Gasteiger partial charge in [-0.2, -0.15) is 0 Å². The van der Waals surface area contributed by atoms with E-state index in [0.29, 0.717) is 6.54 Å². The average Bonchev–Trinajstić information content (AvgIpc) is 2.48. The lowest BCUT2D eigenvalue weighted by Gasteiger charge is -1.97. The Morgan fingerprint density at radius 3 is 2.69 bits per heavy atom. The van der Waals surface area contributed by atoms with Crippen molar-refractivity contribution < 1.29 is 14.7 Å². The highest BCUT2D eigenvalue weighted by atomic mass is 16.4. The third-order valence-electron chi connectivity index (χ3n) is 1.61. The Bertz CT molecular complexity index is 330. The molecule has 0 aliphatic rings. The Morgan fingerprint density at radius 2 is 2.23 bits per heavy atom. The molecule has 0 saturated heterocycles. The van der Waals surface area contributed by atoms with Gasteiger partial charge in [0.25, 0.3) is 0 Å². The molecule has 0 fully saturated rings. The Morgan fingerprint density at radius 1 is 1.54 bits per heavy atom. The van der Waals surface area contributed by atoms with E-state index in [9.17, 15) is 9.59 Å². The number of amides is 1. The first-order valence-electron chi connectivity index (χ1n) is 3.77. The number of aromatic carboxylic acids is 1. The molecule has 5 heteroatoms. The number of hydrogen-bond donors (Lipinski definition) is 2. The van der Waals surface area contributed by atoms with E-state index >= 15 is 0 Å². The number of carboxylic acid groups (broad SMARTS) is 1. The summed E-state index contributed by atoms with van der Waals surface area (Å²) in [6.45, 7) is 0.419. The number of carbonyl (C=O) groups is 2. The van der Waals surface area contributed by atoms with Crippen LogP contribution in [0.2, 0.25) is 0 Å². The van der Waals surface area contributed by atoms with Crippen molar-refractivity contribution in [3.63, 3.8) is 0 Å². The first-order chi connectivity index (χ1) is 6.09. The SMILES string of the molecule is NC(=O)CCn1ccc(C(=O)O)c1. The van der Waals surface area contributed by atoms with E-state index in [1.54, 1.807) is 10.8 Å². The number of aryl methyl sites for hydroxylation is 1. The minimum Gasteiger partial charge on any atom is -0.478 e. The van der Waals surface area contributed by atoms with Crippen LogP contribution in [-0.2, 0) is 11.3 Å². The molecule has 0 saturated carbocycles. The molecule has 70 valence electrons. The van der Waals surface area contributed by atoms with Crippen molar-refractivity contribution in [2.24, 2.45) is 5.73 Å². The van der Waals surface area contributed by atoms with E-state index in [1.165, 1.54) is 12.3 Å².